The molecule has 4 nitrogen and oxygen atoms in total. The molecule has 0 spiro atoms. The molecule has 0 saturated heterocycles. The Balaban J connectivity index is 2.02. The van der Waals surface area contributed by atoms with E-state index in [-0.39, 0.29) is 0 Å². The molecule has 1 N–H and O–H groups in total. The molecule has 0 bridgehead atoms. The number of fused-ring (bicyclic) bond motifs is 1. The Kier molecular flexibility index (Phi) is 3.35. The first-order chi connectivity index (χ1) is 8.50. The van der Waals surface area contributed by atoms with Gasteiger partial charge in [-0.2, -0.15) is 5.26 Å². The fourth-order valence-electron chi connectivity index (χ4n) is 1.80. The summed E-state index contributed by atoms with van der Waals surface area (Å²) in [4.78, 5) is 4.26. The Morgan fingerprint density at radius 2 is 2.22 bits per heavy atom. The van der Waals surface area contributed by atoms with Crippen molar-refractivity contribution in [3.05, 3.63) is 29.7 Å². The second-order valence-corrected chi connectivity index (χ2v) is 4.95. The fourth-order valence-corrected chi connectivity index (χ4v) is 1.80. The number of hydrogen-bond acceptors (Lipinski definition) is 4. The SMILES string of the molecule is Cc1nc2ccc(CCNC(C)(C)C#N)cc2o1. The third-order valence-corrected chi connectivity index (χ3v) is 2.82. The van der Waals surface area contributed by atoms with Gasteiger partial charge in [-0.1, -0.05) is 6.07 Å². The highest BCUT2D eigenvalue weighted by Gasteiger charge is 2.14. The second kappa shape index (κ2) is 4.79. The zero-order chi connectivity index (χ0) is 13.2. The Morgan fingerprint density at radius 3 is 2.94 bits per heavy atom. The van der Waals surface area contributed by atoms with Gasteiger partial charge in [0.25, 0.3) is 0 Å². The molecule has 1 heterocycles. The van der Waals surface area contributed by atoms with Crippen LogP contribution in [0.1, 0.15) is 25.3 Å². The summed E-state index contributed by atoms with van der Waals surface area (Å²) in [5.41, 5.74) is 2.42. The molecule has 0 radical (unpaired) electrons. The van der Waals surface area contributed by atoms with Gasteiger partial charge in [-0.25, -0.2) is 4.98 Å². The third kappa shape index (κ3) is 2.88. The van der Waals surface area contributed by atoms with Crippen LogP contribution in [0.5, 0.6) is 0 Å². The second-order valence-electron chi connectivity index (χ2n) is 4.95. The topological polar surface area (TPSA) is 61.9 Å². The average molecular weight is 243 g/mol. The van der Waals surface area contributed by atoms with Crippen LogP contribution in [-0.4, -0.2) is 17.1 Å². The lowest BCUT2D eigenvalue weighted by Gasteiger charge is -2.17. The molecule has 0 aliphatic carbocycles. The number of aryl methyl sites for hydroxylation is 1. The highest BCUT2D eigenvalue weighted by atomic mass is 16.3. The van der Waals surface area contributed by atoms with Gasteiger partial charge in [0, 0.05) is 13.5 Å². The molecule has 18 heavy (non-hydrogen) atoms. The minimum Gasteiger partial charge on any atom is -0.441 e. The van der Waals surface area contributed by atoms with Gasteiger partial charge in [0.1, 0.15) is 11.1 Å². The van der Waals surface area contributed by atoms with Gasteiger partial charge in [-0.05, 0) is 38.0 Å². The van der Waals surface area contributed by atoms with E-state index in [9.17, 15) is 0 Å². The van der Waals surface area contributed by atoms with Crippen molar-refractivity contribution in [2.45, 2.75) is 32.7 Å². The van der Waals surface area contributed by atoms with Crippen LogP contribution in [0.15, 0.2) is 22.6 Å². The summed E-state index contributed by atoms with van der Waals surface area (Å²) >= 11 is 0. The highest BCUT2D eigenvalue weighted by molar-refractivity contribution is 5.73. The first kappa shape index (κ1) is 12.6. The number of rotatable bonds is 4. The number of hydrogen-bond donors (Lipinski definition) is 1. The Labute approximate surface area is 107 Å². The molecule has 1 aromatic heterocycles. The lowest BCUT2D eigenvalue weighted by molar-refractivity contribution is 0.490. The van der Waals surface area contributed by atoms with Gasteiger partial charge < -0.3 is 4.42 Å². The van der Waals surface area contributed by atoms with Crippen LogP contribution in [-0.2, 0) is 6.42 Å². The van der Waals surface area contributed by atoms with E-state index in [0.717, 1.165) is 24.1 Å². The summed E-state index contributed by atoms with van der Waals surface area (Å²) in [6.07, 6.45) is 0.862. The molecule has 0 saturated carbocycles. The number of nitrogens with zero attached hydrogens (tertiary/aromatic N) is 2. The summed E-state index contributed by atoms with van der Waals surface area (Å²) in [6, 6.07) is 8.25. The molecule has 94 valence electrons. The number of nitriles is 1. The Hall–Kier alpha value is -1.86. The molecular weight excluding hydrogens is 226 g/mol. The van der Waals surface area contributed by atoms with Crippen molar-refractivity contribution in [1.29, 1.82) is 5.26 Å². The smallest absolute Gasteiger partial charge is 0.192 e. The molecule has 2 rings (SSSR count). The molecule has 4 heteroatoms. The predicted molar refractivity (Wildman–Crippen MR) is 70.1 cm³/mol. The Bertz CT molecular complexity index is 593. The first-order valence-corrected chi connectivity index (χ1v) is 6.02. The van der Waals surface area contributed by atoms with Gasteiger partial charge in [0.05, 0.1) is 6.07 Å². The van der Waals surface area contributed by atoms with E-state index in [0.29, 0.717) is 5.89 Å². The van der Waals surface area contributed by atoms with E-state index in [1.165, 1.54) is 5.56 Å². The van der Waals surface area contributed by atoms with Crippen LogP contribution in [0.3, 0.4) is 0 Å². The van der Waals surface area contributed by atoms with E-state index >= 15 is 0 Å². The van der Waals surface area contributed by atoms with Crippen molar-refractivity contribution in [2.24, 2.45) is 0 Å². The van der Waals surface area contributed by atoms with Crippen molar-refractivity contribution >= 4 is 11.1 Å². The molecule has 0 unspecified atom stereocenters. The minimum absolute atomic E-state index is 0.479. The van der Waals surface area contributed by atoms with Crippen molar-refractivity contribution in [1.82, 2.24) is 10.3 Å². The summed E-state index contributed by atoms with van der Waals surface area (Å²) < 4.78 is 5.49. The molecule has 1 aromatic carbocycles. The van der Waals surface area contributed by atoms with Gasteiger partial charge in [-0.15, -0.1) is 0 Å². The van der Waals surface area contributed by atoms with Crippen molar-refractivity contribution in [3.63, 3.8) is 0 Å². The minimum atomic E-state index is -0.479. The van der Waals surface area contributed by atoms with E-state index in [2.05, 4.69) is 16.4 Å². The fraction of sp³-hybridized carbons (Fsp3) is 0.429. The quantitative estimate of drug-likeness (QED) is 0.896. The monoisotopic (exact) mass is 243 g/mol. The normalized spacial score (nSPS) is 11.7. The summed E-state index contributed by atoms with van der Waals surface area (Å²) in [6.45, 7) is 6.35. The van der Waals surface area contributed by atoms with E-state index in [4.69, 9.17) is 9.68 Å². The van der Waals surface area contributed by atoms with Gasteiger partial charge in [0.15, 0.2) is 11.5 Å². The van der Waals surface area contributed by atoms with E-state index in [1.54, 1.807) is 0 Å². The lowest BCUT2D eigenvalue weighted by atomic mass is 10.1. The van der Waals surface area contributed by atoms with E-state index < -0.39 is 5.54 Å². The van der Waals surface area contributed by atoms with Crippen molar-refractivity contribution in [3.8, 4) is 6.07 Å². The number of aromatic nitrogens is 1. The highest BCUT2D eigenvalue weighted by Crippen LogP contribution is 2.17. The molecule has 0 fully saturated rings. The lowest BCUT2D eigenvalue weighted by Crippen LogP contribution is -2.38. The molecule has 0 aliphatic heterocycles. The maximum atomic E-state index is 8.90. The number of oxazole rings is 1. The summed E-state index contributed by atoms with van der Waals surface area (Å²) in [5.74, 6) is 0.686. The number of nitrogens with one attached hydrogen (secondary N) is 1. The molecule has 2 aromatic rings. The maximum absolute atomic E-state index is 8.90. The van der Waals surface area contributed by atoms with Crippen LogP contribution in [0.25, 0.3) is 11.1 Å². The van der Waals surface area contributed by atoms with Gasteiger partial charge in [-0.3, -0.25) is 5.32 Å². The molecule has 0 atom stereocenters. The van der Waals surface area contributed by atoms with Gasteiger partial charge in [0.2, 0.25) is 0 Å². The maximum Gasteiger partial charge on any atom is 0.192 e. The van der Waals surface area contributed by atoms with Gasteiger partial charge >= 0.3 is 0 Å². The van der Waals surface area contributed by atoms with Crippen molar-refractivity contribution in [2.75, 3.05) is 6.54 Å². The molecule has 0 amide bonds. The van der Waals surface area contributed by atoms with Crippen molar-refractivity contribution < 1.29 is 4.42 Å². The average Bonchev–Trinajstić information content (AvgIpc) is 2.68. The zero-order valence-electron chi connectivity index (χ0n) is 10.9. The van der Waals surface area contributed by atoms with Crippen LogP contribution in [0.2, 0.25) is 0 Å². The standard InChI is InChI=1S/C14H17N3O/c1-10-17-12-5-4-11(8-13(12)18-10)6-7-16-14(2,3)9-15/h4-5,8,16H,6-7H2,1-3H3. The number of benzene rings is 1. The Morgan fingerprint density at radius 1 is 1.44 bits per heavy atom. The zero-order valence-corrected chi connectivity index (χ0v) is 10.9. The summed E-state index contributed by atoms with van der Waals surface area (Å²) in [5, 5.41) is 12.1. The largest absolute Gasteiger partial charge is 0.441 e. The van der Waals surface area contributed by atoms with Crippen LogP contribution >= 0.6 is 0 Å². The molecular formula is C14H17N3O. The van der Waals surface area contributed by atoms with Crippen LogP contribution < -0.4 is 5.32 Å². The van der Waals surface area contributed by atoms with Crippen LogP contribution in [0.4, 0.5) is 0 Å². The van der Waals surface area contributed by atoms with E-state index in [1.807, 2.05) is 39.0 Å². The first-order valence-electron chi connectivity index (χ1n) is 6.02. The van der Waals surface area contributed by atoms with Crippen LogP contribution in [0, 0.1) is 18.3 Å². The summed E-state index contributed by atoms with van der Waals surface area (Å²) in [7, 11) is 0. The molecule has 0 aliphatic rings. The third-order valence-electron chi connectivity index (χ3n) is 2.82. The predicted octanol–water partition coefficient (Wildman–Crippen LogP) is 2.57.